The Labute approximate surface area is 302 Å². The Morgan fingerprint density at radius 1 is 0.304 bits per heavy atom. The van der Waals surface area contributed by atoms with Gasteiger partial charge in [0.25, 0.3) is 0 Å². The maximum atomic E-state index is 6.57. The van der Waals surface area contributed by atoms with E-state index in [1.165, 1.54) is 0 Å². The van der Waals surface area contributed by atoms with Gasteiger partial charge in [0.05, 0.1) is 26.4 Å². The van der Waals surface area contributed by atoms with Gasteiger partial charge in [-0.2, -0.15) is 0 Å². The molecule has 4 aromatic carbocycles. The number of hydrogen-bond donors (Lipinski definition) is 0. The number of hydrogen-bond acceptors (Lipinski definition) is 6. The molecule has 6 nitrogen and oxygen atoms in total. The Balaban J connectivity index is 1.53. The number of rotatable bonds is 0. The van der Waals surface area contributed by atoms with Gasteiger partial charge < -0.3 is 28.4 Å². The standard InChI is InChI=1S/C36H32Br4O6/c37-29-13-21-9-22-14-30(38)19-27-12-28-20-32(40)16-24-10-23-15-31(39)18-26(35(23)45-7-3-42-4-8-46-36(24)28)11-25(17-29)33(21)43-5-1-41-2-6-44-34(22)27/h13-20H,1-12H2. The van der Waals surface area contributed by atoms with Crippen LogP contribution < -0.4 is 18.9 Å². The minimum atomic E-state index is 0.439. The van der Waals surface area contributed by atoms with Crippen LogP contribution >= 0.6 is 63.7 Å². The highest BCUT2D eigenvalue weighted by Crippen LogP contribution is 2.42. The predicted octanol–water partition coefficient (Wildman–Crippen LogP) is 8.99. The maximum absolute atomic E-state index is 6.57. The monoisotopic (exact) mass is 876 g/mol. The first-order valence-corrected chi connectivity index (χ1v) is 18.5. The van der Waals surface area contributed by atoms with Crippen LogP contribution in [0.3, 0.4) is 0 Å². The molecule has 46 heavy (non-hydrogen) atoms. The number of benzene rings is 4. The van der Waals surface area contributed by atoms with Gasteiger partial charge in [-0.25, -0.2) is 0 Å². The van der Waals surface area contributed by atoms with Crippen LogP contribution in [0.4, 0.5) is 0 Å². The van der Waals surface area contributed by atoms with Crippen molar-refractivity contribution in [2.45, 2.75) is 25.7 Å². The molecule has 12 bridgehead atoms. The molecule has 2 heterocycles. The zero-order valence-electron chi connectivity index (χ0n) is 25.1. The van der Waals surface area contributed by atoms with Gasteiger partial charge in [0.1, 0.15) is 49.4 Å². The SMILES string of the molecule is Brc1cc2c3c(c1)Cc1cc(Br)cc4c1OCCOCCOc1c(cc(Br)cc1Cc1cc(Br)cc(c1OCCOCCO3)C2)C4. The lowest BCUT2D eigenvalue weighted by Gasteiger charge is -2.24. The van der Waals surface area contributed by atoms with Crippen LogP contribution in [0.2, 0.25) is 0 Å². The van der Waals surface area contributed by atoms with E-state index in [2.05, 4.69) is 112 Å². The van der Waals surface area contributed by atoms with E-state index in [4.69, 9.17) is 28.4 Å². The van der Waals surface area contributed by atoms with Crippen LogP contribution in [0.15, 0.2) is 66.4 Å². The molecule has 10 heteroatoms. The molecule has 0 aromatic heterocycles. The summed E-state index contributed by atoms with van der Waals surface area (Å²) in [6, 6.07) is 17.2. The van der Waals surface area contributed by atoms with Crippen LogP contribution in [0.5, 0.6) is 23.0 Å². The van der Waals surface area contributed by atoms with Crippen LogP contribution in [-0.4, -0.2) is 52.9 Å². The average molecular weight is 880 g/mol. The second-order valence-corrected chi connectivity index (χ2v) is 15.2. The summed E-state index contributed by atoms with van der Waals surface area (Å²) in [6.07, 6.45) is 2.46. The number of halogens is 4. The lowest BCUT2D eigenvalue weighted by molar-refractivity contribution is 0.0744. The third kappa shape index (κ3) is 7.32. The molecule has 0 atom stereocenters. The van der Waals surface area contributed by atoms with Crippen molar-refractivity contribution in [3.63, 3.8) is 0 Å². The molecule has 3 aliphatic rings. The molecule has 7 rings (SSSR count). The van der Waals surface area contributed by atoms with E-state index in [-0.39, 0.29) is 0 Å². The van der Waals surface area contributed by atoms with Crippen molar-refractivity contribution in [3.8, 4) is 23.0 Å². The Morgan fingerprint density at radius 3 is 0.696 bits per heavy atom. The van der Waals surface area contributed by atoms with Crippen molar-refractivity contribution in [1.82, 2.24) is 0 Å². The minimum Gasteiger partial charge on any atom is -0.491 e. The van der Waals surface area contributed by atoms with Crippen LogP contribution in [0.25, 0.3) is 0 Å². The molecule has 0 fully saturated rings. The van der Waals surface area contributed by atoms with Crippen molar-refractivity contribution in [1.29, 1.82) is 0 Å². The zero-order chi connectivity index (χ0) is 31.6. The van der Waals surface area contributed by atoms with Gasteiger partial charge in [0.2, 0.25) is 0 Å². The third-order valence-corrected chi connectivity index (χ3v) is 10.1. The van der Waals surface area contributed by atoms with Gasteiger partial charge in [0, 0.05) is 88.1 Å². The fraction of sp³-hybridized carbons (Fsp3) is 0.333. The molecule has 0 amide bonds. The Kier molecular flexibility index (Phi) is 10.3. The Hall–Kier alpha value is -2.08. The summed E-state index contributed by atoms with van der Waals surface area (Å²) in [5.41, 5.74) is 8.52. The zero-order valence-corrected chi connectivity index (χ0v) is 31.4. The Morgan fingerprint density at radius 2 is 0.500 bits per heavy atom. The summed E-state index contributed by atoms with van der Waals surface area (Å²) in [6.45, 7) is 3.63. The highest BCUT2D eigenvalue weighted by atomic mass is 79.9. The Bertz CT molecular complexity index is 1520. The predicted molar refractivity (Wildman–Crippen MR) is 191 cm³/mol. The van der Waals surface area contributed by atoms with Gasteiger partial charge in [-0.15, -0.1) is 0 Å². The molecule has 0 saturated carbocycles. The average Bonchev–Trinajstić information content (AvgIpc) is 2.98. The summed E-state index contributed by atoms with van der Waals surface area (Å²) < 4.78 is 42.1. The lowest BCUT2D eigenvalue weighted by Crippen LogP contribution is -2.17. The van der Waals surface area contributed by atoms with E-state index in [0.29, 0.717) is 78.5 Å². The topological polar surface area (TPSA) is 55.4 Å². The van der Waals surface area contributed by atoms with Crippen LogP contribution in [-0.2, 0) is 35.2 Å². The first-order valence-electron chi connectivity index (χ1n) is 15.3. The molecule has 0 radical (unpaired) electrons. The minimum absolute atomic E-state index is 0.439. The normalized spacial score (nSPS) is 16.6. The van der Waals surface area contributed by atoms with Crippen molar-refractivity contribution in [2.24, 2.45) is 0 Å². The van der Waals surface area contributed by atoms with Crippen molar-refractivity contribution in [3.05, 3.63) is 111 Å². The molecule has 240 valence electrons. The van der Waals surface area contributed by atoms with Gasteiger partial charge in [-0.1, -0.05) is 63.7 Å². The maximum Gasteiger partial charge on any atom is 0.126 e. The van der Waals surface area contributed by atoms with Gasteiger partial charge in [0.15, 0.2) is 0 Å². The van der Waals surface area contributed by atoms with E-state index in [1.54, 1.807) is 0 Å². The first kappa shape index (κ1) is 32.5. The molecule has 0 saturated heterocycles. The molecule has 2 aliphatic heterocycles. The van der Waals surface area contributed by atoms with Gasteiger partial charge in [-0.3, -0.25) is 0 Å². The first-order chi connectivity index (χ1) is 22.4. The third-order valence-electron chi connectivity index (χ3n) is 8.25. The van der Waals surface area contributed by atoms with E-state index in [9.17, 15) is 0 Å². The molecule has 4 aromatic rings. The summed E-state index contributed by atoms with van der Waals surface area (Å²) in [4.78, 5) is 0. The second kappa shape index (κ2) is 14.6. The van der Waals surface area contributed by atoms with Crippen molar-refractivity contribution in [2.75, 3.05) is 52.9 Å². The smallest absolute Gasteiger partial charge is 0.126 e. The molecular formula is C36H32Br4O6. The number of ether oxygens (including phenoxy) is 6. The van der Waals surface area contributed by atoms with E-state index >= 15 is 0 Å². The largest absolute Gasteiger partial charge is 0.491 e. The fourth-order valence-corrected chi connectivity index (χ4v) is 8.69. The second-order valence-electron chi connectivity index (χ2n) is 11.5. The highest BCUT2D eigenvalue weighted by molar-refractivity contribution is 9.11. The summed E-state index contributed by atoms with van der Waals surface area (Å²) in [7, 11) is 0. The molecule has 0 unspecified atom stereocenters. The summed E-state index contributed by atoms with van der Waals surface area (Å²) in [5.74, 6) is 3.45. The molecule has 0 N–H and O–H groups in total. The summed E-state index contributed by atoms with van der Waals surface area (Å²) >= 11 is 15.3. The highest BCUT2D eigenvalue weighted by Gasteiger charge is 2.24. The van der Waals surface area contributed by atoms with Crippen LogP contribution in [0.1, 0.15) is 44.5 Å². The lowest BCUT2D eigenvalue weighted by atomic mass is 9.91. The van der Waals surface area contributed by atoms with Crippen LogP contribution in [0, 0.1) is 0 Å². The van der Waals surface area contributed by atoms with E-state index in [0.717, 1.165) is 85.4 Å². The van der Waals surface area contributed by atoms with E-state index < -0.39 is 0 Å². The molecular weight excluding hydrogens is 848 g/mol. The van der Waals surface area contributed by atoms with Crippen molar-refractivity contribution >= 4 is 63.7 Å². The molecule has 1 aliphatic carbocycles. The quantitative estimate of drug-likeness (QED) is 0.155. The fourth-order valence-electron chi connectivity index (χ4n) is 6.48. The molecule has 0 spiro atoms. The summed E-state index contributed by atoms with van der Waals surface area (Å²) in [5, 5.41) is 0. The van der Waals surface area contributed by atoms with Crippen molar-refractivity contribution < 1.29 is 28.4 Å². The van der Waals surface area contributed by atoms with E-state index in [1.807, 2.05) is 0 Å². The van der Waals surface area contributed by atoms with Gasteiger partial charge in [-0.05, 0) is 48.5 Å². The van der Waals surface area contributed by atoms with Gasteiger partial charge >= 0.3 is 0 Å².